The summed E-state index contributed by atoms with van der Waals surface area (Å²) >= 11 is 18.8. The van der Waals surface area contributed by atoms with Crippen LogP contribution in [0.15, 0.2) is 105 Å². The van der Waals surface area contributed by atoms with Crippen molar-refractivity contribution in [2.24, 2.45) is 10.1 Å². The number of halogens is 18. The van der Waals surface area contributed by atoms with Crippen LogP contribution >= 0.6 is 95.6 Å². The molecule has 0 saturated carbocycles. The predicted molar refractivity (Wildman–Crippen MR) is 483 cm³/mol. The Hall–Kier alpha value is -3.82. The minimum absolute atomic E-state index is 0.00494. The lowest BCUT2D eigenvalue weighted by Crippen LogP contribution is -2.50. The SMILES string of the molecule is CC(=N[S@](=O)C(C)(C)C)c1nc(Br)ccc1F.CC(C)(C)OC(=O)C[C@](C)(N[S@](=O)C(C)(C)C)c1nc(Br)ccc1F.CC(C)(C)[S@@](=O)N[C@@](C)(CC=O)c1nc(Br)ccc1F.CC(C)(C)[S@@](=O)N[C@@](C)(CCO)c1nc(Br)ccc1F.CC(C)(C)[S@@](=O)N[C@@](C)(C[C@H](O)C(F)(F)F)c1nc(Br)ccc1F.C[C@](N)(C[C@H](O)C(F)(F)F)c1nc(Br)ccc1F. The van der Waals surface area contributed by atoms with Crippen LogP contribution in [0.4, 0.5) is 52.7 Å². The highest BCUT2D eigenvalue weighted by molar-refractivity contribution is 9.11. The molecule has 46 heteroatoms. The number of aliphatic hydroxyl groups is 3. The molecule has 124 heavy (non-hydrogen) atoms. The Balaban J connectivity index is 0.000000748. The van der Waals surface area contributed by atoms with E-state index in [1.807, 2.05) is 41.5 Å². The number of carbonyl (C=O) groups is 2. The smallest absolute Gasteiger partial charge is 0.414 e. The normalized spacial score (nSPS) is 16.7. The third kappa shape index (κ3) is 39.7. The molecule has 12 atom stereocenters. The van der Waals surface area contributed by atoms with Crippen LogP contribution in [0.1, 0.15) is 232 Å². The summed E-state index contributed by atoms with van der Waals surface area (Å²) in [5, 5.41) is 27.6. The molecule has 23 nitrogen and oxygen atoms in total. The van der Waals surface area contributed by atoms with Crippen molar-refractivity contribution >= 4 is 168 Å². The molecule has 6 aromatic rings. The number of rotatable bonds is 25. The van der Waals surface area contributed by atoms with Crippen LogP contribution in [0.3, 0.4) is 0 Å². The van der Waals surface area contributed by atoms with Crippen LogP contribution in [0, 0.1) is 34.9 Å². The molecule has 0 saturated heterocycles. The van der Waals surface area contributed by atoms with Crippen LogP contribution in [0.2, 0.25) is 0 Å². The van der Waals surface area contributed by atoms with Crippen molar-refractivity contribution in [1.82, 2.24) is 48.8 Å². The Morgan fingerprint density at radius 3 is 1.02 bits per heavy atom. The van der Waals surface area contributed by atoms with E-state index in [-0.39, 0.29) is 69.2 Å². The van der Waals surface area contributed by atoms with Gasteiger partial charge in [-0.3, -0.25) is 4.79 Å². The molecule has 0 fully saturated rings. The Morgan fingerprint density at radius 1 is 0.435 bits per heavy atom. The van der Waals surface area contributed by atoms with E-state index in [1.165, 1.54) is 74.5 Å². The monoisotopic (exact) mass is 2250 g/mol. The Morgan fingerprint density at radius 2 is 0.710 bits per heavy atom. The third-order valence-corrected chi connectivity index (χ3v) is 27.2. The van der Waals surface area contributed by atoms with Gasteiger partial charge >= 0.3 is 18.3 Å². The first-order valence-electron chi connectivity index (χ1n) is 37.0. The van der Waals surface area contributed by atoms with E-state index >= 15 is 0 Å². The number of carbonyl (C=O) groups excluding carboxylic acids is 2. The highest BCUT2D eigenvalue weighted by Gasteiger charge is 2.48. The highest BCUT2D eigenvalue weighted by atomic mass is 79.9. The summed E-state index contributed by atoms with van der Waals surface area (Å²) in [6.07, 6.45) is -16.3. The Labute approximate surface area is 780 Å². The number of hydrogen-bond acceptors (Lipinski definition) is 18. The van der Waals surface area contributed by atoms with Gasteiger partial charge < -0.3 is 30.6 Å². The molecule has 0 spiro atoms. The van der Waals surface area contributed by atoms with E-state index in [9.17, 15) is 93.5 Å². The average Bonchev–Trinajstić information content (AvgIpc) is 0.808. The van der Waals surface area contributed by atoms with Crippen LogP contribution in [-0.4, -0.2) is 145 Å². The van der Waals surface area contributed by atoms with Gasteiger partial charge in [0.1, 0.15) is 85.3 Å². The quantitative estimate of drug-likeness (QED) is 0.00867. The van der Waals surface area contributed by atoms with E-state index in [0.29, 0.717) is 30.4 Å². The summed E-state index contributed by atoms with van der Waals surface area (Å²) in [5.74, 6) is -4.33. The van der Waals surface area contributed by atoms with Gasteiger partial charge in [0, 0.05) is 25.9 Å². The number of alkyl halides is 6. The number of pyridine rings is 6. The number of ether oxygens (including phenoxy) is 1. The maximum absolute atomic E-state index is 14.4. The lowest BCUT2D eigenvalue weighted by atomic mass is 9.90. The molecule has 0 aliphatic rings. The molecule has 6 rings (SSSR count). The lowest BCUT2D eigenvalue weighted by Gasteiger charge is -2.35. The fourth-order valence-corrected chi connectivity index (χ4v) is 15.4. The minimum atomic E-state index is -4.89. The third-order valence-electron chi connectivity index (χ3n) is 16.1. The number of nitrogens with zero attached hydrogens (tertiary/aromatic N) is 7. The molecule has 0 bridgehead atoms. The number of nitrogens with two attached hydrogens (primary N) is 1. The summed E-state index contributed by atoms with van der Waals surface area (Å²) in [6, 6.07) is 15.7. The topological polar surface area (TPSA) is 353 Å². The fourth-order valence-electron chi connectivity index (χ4n) is 9.38. The molecule has 0 unspecified atom stereocenters. The van der Waals surface area contributed by atoms with Crippen LogP contribution in [0.5, 0.6) is 0 Å². The van der Waals surface area contributed by atoms with Gasteiger partial charge in [-0.2, -0.15) is 30.7 Å². The molecular weight excluding hydrogens is 2150 g/mol. The van der Waals surface area contributed by atoms with Crippen molar-refractivity contribution in [3.05, 3.63) is 169 Å². The molecule has 702 valence electrons. The van der Waals surface area contributed by atoms with Gasteiger partial charge in [-0.15, -0.1) is 0 Å². The molecule has 0 amide bonds. The van der Waals surface area contributed by atoms with Gasteiger partial charge in [0.2, 0.25) is 0 Å². The largest absolute Gasteiger partial charge is 0.460 e. The van der Waals surface area contributed by atoms with Gasteiger partial charge in [0.15, 0.2) is 18.0 Å². The van der Waals surface area contributed by atoms with Crippen molar-refractivity contribution in [3.8, 4) is 0 Å². The molecule has 0 aromatic carbocycles. The molecule has 0 aliphatic heterocycles. The first-order valence-corrected chi connectivity index (χ1v) is 47.5. The molecular formula is C78H108Br6F12N12O11S5. The summed E-state index contributed by atoms with van der Waals surface area (Å²) in [7, 11) is -7.64. The van der Waals surface area contributed by atoms with Crippen molar-refractivity contribution in [1.29, 1.82) is 0 Å². The van der Waals surface area contributed by atoms with Crippen molar-refractivity contribution in [3.63, 3.8) is 0 Å². The molecule has 0 radical (unpaired) electrons. The van der Waals surface area contributed by atoms with E-state index in [4.69, 9.17) is 15.6 Å². The van der Waals surface area contributed by atoms with E-state index in [1.54, 1.807) is 111 Å². The van der Waals surface area contributed by atoms with Crippen LogP contribution in [0.25, 0.3) is 0 Å². The van der Waals surface area contributed by atoms with E-state index in [0.717, 1.165) is 12.1 Å². The summed E-state index contributed by atoms with van der Waals surface area (Å²) in [5.41, 5.74) is -2.07. The molecule has 6 heterocycles. The minimum Gasteiger partial charge on any atom is -0.460 e. The summed E-state index contributed by atoms with van der Waals surface area (Å²) in [6.45, 7) is 40.5. The van der Waals surface area contributed by atoms with Crippen molar-refractivity contribution in [2.45, 2.75) is 280 Å². The standard InChI is InChI=1S/C17H26BrFN2O3S.C14H19BrF4N2O2S.C13H20BrFN2O2S.C13H18BrFN2O2S.C11H14BrFN2OS.C10H11BrF4N2O/c1-15(2,3)24-13(22)10-17(7,21-25(23)16(4,5)6)14-11(19)8-9-12(18)20-14;1-12(2,3)24(23)21-13(4,7-9(22)14(17,18)19)11-8(16)5-6-10(15)20-11;2*1-12(2,3)20(19)17-13(4,7-8-18)11-9(15)5-6-10(14)16-11;1-7(15-17(16)11(2,3)4)10-8(13)5-6-9(12)14-10;1-9(16,4-6(18)10(13,14)15)8-5(12)2-3-7(11)17-8/h8-9,21H,10H2,1-7H3;5-6,9,21-22H,7H2,1-4H3;5-6,17-18H,7-8H2,1-4H3;5-6,8,17H,7H2,1-4H3;5-6H,1-4H3;2-3,6,18H,4,16H2,1H3/t17-,25+;9-,13-,24+;2*13-,20+;17-;6-,9-/m000010/s1. The zero-order chi connectivity index (χ0) is 97.0. The second kappa shape index (κ2) is 48.0. The number of hydrogen-bond donors (Lipinski definition) is 8. The summed E-state index contributed by atoms with van der Waals surface area (Å²) in [4.78, 5) is 47.2. The van der Waals surface area contributed by atoms with Crippen molar-refractivity contribution < 1.29 is 103 Å². The van der Waals surface area contributed by atoms with Crippen LogP contribution in [-0.2, 0) is 96.9 Å². The Kier molecular flexibility index (Phi) is 45.8. The number of esters is 1. The summed E-state index contributed by atoms with van der Waals surface area (Å²) < 4.78 is 240. The molecule has 9 N–H and O–H groups in total. The highest BCUT2D eigenvalue weighted by Crippen LogP contribution is 2.38. The molecule has 0 aliphatic carbocycles. The van der Waals surface area contributed by atoms with Gasteiger partial charge in [-0.25, -0.2) is 96.2 Å². The first-order chi connectivity index (χ1) is 55.8. The molecule has 6 aromatic heterocycles. The maximum Gasteiger partial charge on any atom is 0.414 e. The van der Waals surface area contributed by atoms with Gasteiger partial charge in [0.05, 0.1) is 136 Å². The zero-order valence-corrected chi connectivity index (χ0v) is 86.2. The van der Waals surface area contributed by atoms with Crippen molar-refractivity contribution in [2.75, 3.05) is 6.61 Å². The average molecular weight is 2260 g/mol. The van der Waals surface area contributed by atoms with Gasteiger partial charge in [-0.05, 0) is 341 Å². The van der Waals surface area contributed by atoms with E-state index in [2.05, 4.69) is 149 Å². The second-order valence-corrected chi connectivity index (χ2v) is 49.3. The van der Waals surface area contributed by atoms with Crippen LogP contribution < -0.4 is 24.6 Å². The van der Waals surface area contributed by atoms with E-state index < -0.39 is 190 Å². The first kappa shape index (κ1) is 118. The predicted octanol–water partition coefficient (Wildman–Crippen LogP) is 18.7. The van der Waals surface area contributed by atoms with Gasteiger partial charge in [-0.1, -0.05) is 0 Å². The number of aliphatic hydroxyl groups excluding tert-OH is 3. The number of nitrogens with one attached hydrogen (secondary N) is 4. The second-order valence-electron chi connectivity index (χ2n) is 34.6. The Bertz CT molecular complexity index is 4760. The lowest BCUT2D eigenvalue weighted by molar-refractivity contribution is -0.209. The van der Waals surface area contributed by atoms with Gasteiger partial charge in [0.25, 0.3) is 0 Å². The number of aromatic nitrogens is 6. The maximum atomic E-state index is 14.4. The zero-order valence-electron chi connectivity index (χ0n) is 72.6. The number of aldehydes is 1. The fraction of sp³-hybridized carbons (Fsp3) is 0.577.